The molecule has 0 atom stereocenters. The summed E-state index contributed by atoms with van der Waals surface area (Å²) in [6.07, 6.45) is 1.61. The predicted octanol–water partition coefficient (Wildman–Crippen LogP) is 5.29. The number of nitrogens with zero attached hydrogens (tertiary/aromatic N) is 1. The van der Waals surface area contributed by atoms with Crippen LogP contribution in [0, 0.1) is 0 Å². The number of benzene rings is 2. The highest BCUT2D eigenvalue weighted by atomic mass is 32.2. The Bertz CT molecular complexity index is 1150. The molecule has 0 fully saturated rings. The highest BCUT2D eigenvalue weighted by molar-refractivity contribution is 8.03. The summed E-state index contributed by atoms with van der Waals surface area (Å²) in [7, 11) is 1.54. The van der Waals surface area contributed by atoms with Gasteiger partial charge in [-0.3, -0.25) is 9.59 Å². The van der Waals surface area contributed by atoms with Gasteiger partial charge in [0, 0.05) is 5.56 Å². The number of carbonyl (C=O) groups is 2. The molecule has 2 amide bonds. The fourth-order valence-electron chi connectivity index (χ4n) is 3.45. The van der Waals surface area contributed by atoms with Crippen LogP contribution in [-0.4, -0.2) is 25.0 Å². The maximum Gasteiger partial charge on any atom is 0.272 e. The zero-order valence-electron chi connectivity index (χ0n) is 18.0. The summed E-state index contributed by atoms with van der Waals surface area (Å²) in [6.45, 7) is 3.88. The number of methoxy groups -OCH3 is 1. The number of hydrogen-bond acceptors (Lipinski definition) is 6. The standard InChI is InChI=1S/C25H23NO5S/c1-16(2)31-18-12-10-17(11-13-18)26-24(27)22(20-8-4-5-9-21(20)29-3)23(25(26)28)32-15-19-7-6-14-30-19/h4-14,16H,15H2,1-3H3. The normalized spacial score (nSPS) is 13.9. The quantitative estimate of drug-likeness (QED) is 0.435. The summed E-state index contributed by atoms with van der Waals surface area (Å²) >= 11 is 1.28. The second kappa shape index (κ2) is 9.36. The number of ether oxygens (including phenoxy) is 2. The first-order chi connectivity index (χ1) is 15.5. The van der Waals surface area contributed by atoms with Gasteiger partial charge in [-0.05, 0) is 56.3 Å². The Morgan fingerprint density at radius 1 is 0.969 bits per heavy atom. The molecule has 0 N–H and O–H groups in total. The molecule has 0 radical (unpaired) electrons. The summed E-state index contributed by atoms with van der Waals surface area (Å²) < 4.78 is 16.6. The van der Waals surface area contributed by atoms with Crippen LogP contribution >= 0.6 is 11.8 Å². The van der Waals surface area contributed by atoms with Crippen LogP contribution in [0.25, 0.3) is 5.57 Å². The molecule has 32 heavy (non-hydrogen) atoms. The Hall–Kier alpha value is -3.45. The lowest BCUT2D eigenvalue weighted by molar-refractivity contribution is -0.119. The third kappa shape index (κ3) is 4.29. The molecule has 1 aliphatic heterocycles. The van der Waals surface area contributed by atoms with Crippen LogP contribution in [-0.2, 0) is 15.3 Å². The SMILES string of the molecule is COc1ccccc1C1=C(SCc2ccco2)C(=O)N(c2ccc(OC(C)C)cc2)C1=O. The molecule has 0 unspecified atom stereocenters. The van der Waals surface area contributed by atoms with Crippen molar-refractivity contribution in [1.82, 2.24) is 0 Å². The van der Waals surface area contributed by atoms with Gasteiger partial charge >= 0.3 is 0 Å². The summed E-state index contributed by atoms with van der Waals surface area (Å²) in [5.74, 6) is 1.59. The van der Waals surface area contributed by atoms with Crippen molar-refractivity contribution in [1.29, 1.82) is 0 Å². The summed E-state index contributed by atoms with van der Waals surface area (Å²) in [4.78, 5) is 28.5. The molecule has 7 heteroatoms. The van der Waals surface area contributed by atoms with E-state index in [1.807, 2.05) is 32.0 Å². The maximum atomic E-state index is 13.5. The van der Waals surface area contributed by atoms with Crippen molar-refractivity contribution in [3.63, 3.8) is 0 Å². The molecule has 3 aromatic rings. The first-order valence-electron chi connectivity index (χ1n) is 10.2. The van der Waals surface area contributed by atoms with Crippen LogP contribution < -0.4 is 14.4 Å². The van der Waals surface area contributed by atoms with E-state index in [-0.39, 0.29) is 17.9 Å². The second-order valence-electron chi connectivity index (χ2n) is 7.38. The number of thioether (sulfide) groups is 1. The maximum absolute atomic E-state index is 13.5. The van der Waals surface area contributed by atoms with Gasteiger partial charge in [-0.25, -0.2) is 4.90 Å². The highest BCUT2D eigenvalue weighted by Gasteiger charge is 2.41. The van der Waals surface area contributed by atoms with Gasteiger partial charge in [0.1, 0.15) is 17.3 Å². The lowest BCUT2D eigenvalue weighted by Crippen LogP contribution is -2.31. The van der Waals surface area contributed by atoms with E-state index in [0.717, 1.165) is 5.76 Å². The predicted molar refractivity (Wildman–Crippen MR) is 125 cm³/mol. The molecule has 6 nitrogen and oxygen atoms in total. The molecule has 164 valence electrons. The number of hydrogen-bond donors (Lipinski definition) is 0. The molecule has 2 heterocycles. The molecule has 2 aromatic carbocycles. The molecule has 1 aliphatic rings. The van der Waals surface area contributed by atoms with Gasteiger partial charge in [-0.2, -0.15) is 0 Å². The zero-order valence-corrected chi connectivity index (χ0v) is 18.8. The Morgan fingerprint density at radius 2 is 1.72 bits per heavy atom. The molecule has 0 bridgehead atoms. The van der Waals surface area contributed by atoms with E-state index < -0.39 is 0 Å². The third-order valence-corrected chi connectivity index (χ3v) is 5.92. The van der Waals surface area contributed by atoms with E-state index in [0.29, 0.717) is 39.0 Å². The minimum atomic E-state index is -0.390. The van der Waals surface area contributed by atoms with Crippen LogP contribution in [0.1, 0.15) is 25.2 Å². The van der Waals surface area contributed by atoms with Gasteiger partial charge in [-0.1, -0.05) is 18.2 Å². The number of amides is 2. The minimum absolute atomic E-state index is 0.0271. The summed E-state index contributed by atoms with van der Waals surface area (Å²) in [5, 5.41) is 0. The third-order valence-electron chi connectivity index (χ3n) is 4.82. The molecule has 0 spiro atoms. The minimum Gasteiger partial charge on any atom is -0.496 e. The van der Waals surface area contributed by atoms with Crippen LogP contribution in [0.15, 0.2) is 76.2 Å². The number of anilines is 1. The monoisotopic (exact) mass is 449 g/mol. The Balaban J connectivity index is 1.72. The number of furan rings is 1. The van der Waals surface area contributed by atoms with Crippen LogP contribution in [0.2, 0.25) is 0 Å². The molecule has 0 saturated heterocycles. The molecule has 1 aromatic heterocycles. The van der Waals surface area contributed by atoms with Gasteiger partial charge in [-0.15, -0.1) is 11.8 Å². The average Bonchev–Trinajstić information content (AvgIpc) is 3.38. The van der Waals surface area contributed by atoms with Crippen LogP contribution in [0.5, 0.6) is 11.5 Å². The number of carbonyl (C=O) groups excluding carboxylic acids is 2. The highest BCUT2D eigenvalue weighted by Crippen LogP contribution is 2.42. The Labute approximate surface area is 190 Å². The van der Waals surface area contributed by atoms with E-state index in [2.05, 4.69) is 0 Å². The van der Waals surface area contributed by atoms with Crippen molar-refractivity contribution in [2.24, 2.45) is 0 Å². The van der Waals surface area contributed by atoms with Gasteiger partial charge < -0.3 is 13.9 Å². The van der Waals surface area contributed by atoms with Crippen LogP contribution in [0.3, 0.4) is 0 Å². The molecule has 0 saturated carbocycles. The Morgan fingerprint density at radius 3 is 2.38 bits per heavy atom. The number of para-hydroxylation sites is 1. The van der Waals surface area contributed by atoms with E-state index in [9.17, 15) is 9.59 Å². The van der Waals surface area contributed by atoms with Crippen molar-refractivity contribution in [2.75, 3.05) is 12.0 Å². The van der Waals surface area contributed by atoms with Crippen molar-refractivity contribution >= 4 is 34.8 Å². The van der Waals surface area contributed by atoms with Gasteiger partial charge in [0.05, 0.1) is 41.4 Å². The fraction of sp³-hybridized carbons (Fsp3) is 0.200. The number of imide groups is 1. The van der Waals surface area contributed by atoms with Gasteiger partial charge in [0.15, 0.2) is 0 Å². The molecule has 4 rings (SSSR count). The van der Waals surface area contributed by atoms with E-state index in [1.54, 1.807) is 55.8 Å². The van der Waals surface area contributed by atoms with Gasteiger partial charge in [0.25, 0.3) is 11.8 Å². The van der Waals surface area contributed by atoms with Crippen molar-refractivity contribution in [3.8, 4) is 11.5 Å². The van der Waals surface area contributed by atoms with Crippen molar-refractivity contribution in [3.05, 3.63) is 83.2 Å². The lowest BCUT2D eigenvalue weighted by atomic mass is 10.0. The topological polar surface area (TPSA) is 69.0 Å². The van der Waals surface area contributed by atoms with E-state index in [1.165, 1.54) is 16.7 Å². The van der Waals surface area contributed by atoms with Crippen molar-refractivity contribution < 1.29 is 23.5 Å². The molecular formula is C25H23NO5S. The first kappa shape index (κ1) is 21.8. The van der Waals surface area contributed by atoms with Crippen LogP contribution in [0.4, 0.5) is 5.69 Å². The van der Waals surface area contributed by atoms with Crippen molar-refractivity contribution in [2.45, 2.75) is 25.7 Å². The largest absolute Gasteiger partial charge is 0.496 e. The zero-order chi connectivity index (χ0) is 22.7. The average molecular weight is 450 g/mol. The molecular weight excluding hydrogens is 426 g/mol. The lowest BCUT2D eigenvalue weighted by Gasteiger charge is -2.17. The molecule has 0 aliphatic carbocycles. The first-order valence-corrected chi connectivity index (χ1v) is 11.2. The van der Waals surface area contributed by atoms with E-state index >= 15 is 0 Å². The smallest absolute Gasteiger partial charge is 0.272 e. The summed E-state index contributed by atoms with van der Waals surface area (Å²) in [5.41, 5.74) is 1.39. The number of rotatable bonds is 8. The van der Waals surface area contributed by atoms with E-state index in [4.69, 9.17) is 13.9 Å². The fourth-order valence-corrected chi connectivity index (χ4v) is 4.46. The second-order valence-corrected chi connectivity index (χ2v) is 8.36. The van der Waals surface area contributed by atoms with Gasteiger partial charge in [0.2, 0.25) is 0 Å². The Kier molecular flexibility index (Phi) is 6.37. The summed E-state index contributed by atoms with van der Waals surface area (Å²) in [6, 6.07) is 17.8.